The van der Waals surface area contributed by atoms with Crippen LogP contribution in [0.1, 0.15) is 13.8 Å². The summed E-state index contributed by atoms with van der Waals surface area (Å²) >= 11 is 0. The number of hydrogen-bond acceptors (Lipinski definition) is 2. The van der Waals surface area contributed by atoms with Gasteiger partial charge in [-0.3, -0.25) is 4.21 Å². The highest BCUT2D eigenvalue weighted by Crippen LogP contribution is 2.24. The zero-order chi connectivity index (χ0) is 15.0. The fourth-order valence-corrected chi connectivity index (χ4v) is 3.88. The zero-order valence-electron chi connectivity index (χ0n) is 12.2. The lowest BCUT2D eigenvalue weighted by Gasteiger charge is -2.37. The SMILES string of the molecule is CC1(C)CN(C(=O)Nc2cccc3[nH]ccc23)CC[S@]1=O. The first-order valence-corrected chi connectivity index (χ1v) is 8.30. The summed E-state index contributed by atoms with van der Waals surface area (Å²) in [5.74, 6) is 0.536. The van der Waals surface area contributed by atoms with Crippen molar-refractivity contribution in [3.05, 3.63) is 30.5 Å². The summed E-state index contributed by atoms with van der Waals surface area (Å²) in [6.07, 6.45) is 1.85. The highest BCUT2D eigenvalue weighted by molar-refractivity contribution is 7.86. The summed E-state index contributed by atoms with van der Waals surface area (Å²) < 4.78 is 11.6. The number of carbonyl (C=O) groups excluding carboxylic acids is 1. The molecule has 21 heavy (non-hydrogen) atoms. The van der Waals surface area contributed by atoms with Gasteiger partial charge in [0.05, 0.1) is 10.4 Å². The zero-order valence-corrected chi connectivity index (χ0v) is 13.0. The molecule has 0 bridgehead atoms. The number of nitrogens with zero attached hydrogens (tertiary/aromatic N) is 1. The summed E-state index contributed by atoms with van der Waals surface area (Å²) in [7, 11) is -0.877. The van der Waals surface area contributed by atoms with Crippen LogP contribution in [0.5, 0.6) is 0 Å². The summed E-state index contributed by atoms with van der Waals surface area (Å²) in [6.45, 7) is 4.92. The van der Waals surface area contributed by atoms with Gasteiger partial charge in [-0.15, -0.1) is 0 Å². The fourth-order valence-electron chi connectivity index (χ4n) is 2.64. The fraction of sp³-hybridized carbons (Fsp3) is 0.400. The van der Waals surface area contributed by atoms with E-state index in [-0.39, 0.29) is 10.8 Å². The molecular weight excluding hydrogens is 286 g/mol. The lowest BCUT2D eigenvalue weighted by atomic mass is 10.2. The van der Waals surface area contributed by atoms with Crippen LogP contribution in [-0.2, 0) is 10.8 Å². The van der Waals surface area contributed by atoms with E-state index in [1.165, 1.54) is 0 Å². The van der Waals surface area contributed by atoms with Crippen LogP contribution in [0.2, 0.25) is 0 Å². The molecule has 1 fully saturated rings. The van der Waals surface area contributed by atoms with E-state index in [0.717, 1.165) is 16.6 Å². The third-order valence-electron chi connectivity index (χ3n) is 3.86. The maximum atomic E-state index is 12.4. The molecular formula is C15H19N3O2S. The minimum Gasteiger partial charge on any atom is -0.361 e. The molecule has 1 saturated heterocycles. The van der Waals surface area contributed by atoms with Gasteiger partial charge in [-0.1, -0.05) is 6.07 Å². The van der Waals surface area contributed by atoms with Gasteiger partial charge in [0, 0.05) is 46.7 Å². The van der Waals surface area contributed by atoms with E-state index in [4.69, 9.17) is 0 Å². The highest BCUT2D eigenvalue weighted by atomic mass is 32.2. The average molecular weight is 305 g/mol. The summed E-state index contributed by atoms with van der Waals surface area (Å²) in [5, 5.41) is 3.95. The Hall–Kier alpha value is -1.82. The maximum absolute atomic E-state index is 12.4. The normalized spacial score (nSPS) is 21.4. The van der Waals surface area contributed by atoms with Crippen molar-refractivity contribution in [2.45, 2.75) is 18.6 Å². The maximum Gasteiger partial charge on any atom is 0.321 e. The molecule has 1 aromatic carbocycles. The number of fused-ring (bicyclic) bond motifs is 1. The number of aromatic nitrogens is 1. The Morgan fingerprint density at radius 2 is 2.19 bits per heavy atom. The Bertz CT molecular complexity index is 708. The van der Waals surface area contributed by atoms with Crippen molar-refractivity contribution < 1.29 is 9.00 Å². The number of anilines is 1. The minimum atomic E-state index is -0.877. The van der Waals surface area contributed by atoms with Crippen molar-refractivity contribution in [2.24, 2.45) is 0 Å². The quantitative estimate of drug-likeness (QED) is 0.850. The lowest BCUT2D eigenvalue weighted by Crippen LogP contribution is -2.53. The van der Waals surface area contributed by atoms with Crippen LogP contribution in [0.25, 0.3) is 10.9 Å². The predicted molar refractivity (Wildman–Crippen MR) is 86.0 cm³/mol. The van der Waals surface area contributed by atoms with Gasteiger partial charge in [0.2, 0.25) is 0 Å². The van der Waals surface area contributed by atoms with Gasteiger partial charge < -0.3 is 15.2 Å². The second kappa shape index (κ2) is 5.18. The largest absolute Gasteiger partial charge is 0.361 e. The number of H-pyrrole nitrogens is 1. The number of carbonyl (C=O) groups is 1. The molecule has 2 heterocycles. The molecule has 112 valence electrons. The Labute approximate surface area is 126 Å². The monoisotopic (exact) mass is 305 g/mol. The van der Waals surface area contributed by atoms with Crippen molar-refractivity contribution >= 4 is 33.4 Å². The highest BCUT2D eigenvalue weighted by Gasteiger charge is 2.35. The molecule has 5 nitrogen and oxygen atoms in total. The summed E-state index contributed by atoms with van der Waals surface area (Å²) in [4.78, 5) is 17.3. The van der Waals surface area contributed by atoms with Crippen LogP contribution in [-0.4, -0.2) is 43.7 Å². The molecule has 1 aliphatic rings. The molecule has 0 spiro atoms. The molecule has 2 N–H and O–H groups in total. The van der Waals surface area contributed by atoms with Crippen LogP contribution in [0.4, 0.5) is 10.5 Å². The van der Waals surface area contributed by atoms with Gasteiger partial charge in [0.25, 0.3) is 0 Å². The number of nitrogens with one attached hydrogen (secondary N) is 2. The molecule has 3 rings (SSSR count). The second-order valence-electron chi connectivity index (χ2n) is 5.91. The number of hydrogen-bond donors (Lipinski definition) is 2. The topological polar surface area (TPSA) is 65.2 Å². The first kappa shape index (κ1) is 14.1. The average Bonchev–Trinajstić information content (AvgIpc) is 2.91. The lowest BCUT2D eigenvalue weighted by molar-refractivity contribution is 0.207. The van der Waals surface area contributed by atoms with Gasteiger partial charge >= 0.3 is 6.03 Å². The minimum absolute atomic E-state index is 0.131. The van der Waals surface area contributed by atoms with Crippen LogP contribution in [0.15, 0.2) is 30.5 Å². The van der Waals surface area contributed by atoms with Crippen molar-refractivity contribution in [3.8, 4) is 0 Å². The molecule has 2 amide bonds. The molecule has 1 atom stereocenters. The molecule has 0 unspecified atom stereocenters. The summed E-state index contributed by atoms with van der Waals surface area (Å²) in [6, 6.07) is 7.58. The Morgan fingerprint density at radius 1 is 1.38 bits per heavy atom. The van der Waals surface area contributed by atoms with Crippen LogP contribution in [0, 0.1) is 0 Å². The number of rotatable bonds is 1. The first-order valence-electron chi connectivity index (χ1n) is 6.98. The van der Waals surface area contributed by atoms with E-state index in [2.05, 4.69) is 10.3 Å². The standard InChI is InChI=1S/C15H19N3O2S/c1-15(2)10-18(8-9-21(15)20)14(19)17-13-5-3-4-12-11(13)6-7-16-12/h3-7,16H,8-10H2,1-2H3,(H,17,19)/t21-/m1/s1. The molecule has 1 aliphatic heterocycles. The van der Waals surface area contributed by atoms with Gasteiger partial charge in [0.1, 0.15) is 0 Å². The molecule has 6 heteroatoms. The summed E-state index contributed by atoms with van der Waals surface area (Å²) in [5.41, 5.74) is 1.79. The van der Waals surface area contributed by atoms with Crippen molar-refractivity contribution in [1.29, 1.82) is 0 Å². The second-order valence-corrected chi connectivity index (χ2v) is 8.11. The van der Waals surface area contributed by atoms with Crippen molar-refractivity contribution in [3.63, 3.8) is 0 Å². The third kappa shape index (κ3) is 2.68. The van der Waals surface area contributed by atoms with E-state index in [1.807, 2.05) is 44.3 Å². The first-order chi connectivity index (χ1) is 9.97. The van der Waals surface area contributed by atoms with Crippen LogP contribution >= 0.6 is 0 Å². The molecule has 0 radical (unpaired) electrons. The van der Waals surface area contributed by atoms with E-state index in [0.29, 0.717) is 18.8 Å². The predicted octanol–water partition coefficient (Wildman–Crippen LogP) is 2.54. The Balaban J connectivity index is 1.78. The Morgan fingerprint density at radius 3 is 2.95 bits per heavy atom. The Kier molecular flexibility index (Phi) is 3.49. The van der Waals surface area contributed by atoms with Crippen LogP contribution in [0.3, 0.4) is 0 Å². The van der Waals surface area contributed by atoms with Crippen LogP contribution < -0.4 is 5.32 Å². The molecule has 0 saturated carbocycles. The van der Waals surface area contributed by atoms with Gasteiger partial charge in [0.15, 0.2) is 0 Å². The van der Waals surface area contributed by atoms with Gasteiger partial charge in [-0.05, 0) is 32.0 Å². The van der Waals surface area contributed by atoms with Gasteiger partial charge in [-0.25, -0.2) is 4.79 Å². The molecule has 0 aliphatic carbocycles. The number of aromatic amines is 1. The van der Waals surface area contributed by atoms with E-state index in [1.54, 1.807) is 4.90 Å². The van der Waals surface area contributed by atoms with E-state index in [9.17, 15) is 9.00 Å². The molecule has 1 aromatic heterocycles. The van der Waals surface area contributed by atoms with E-state index >= 15 is 0 Å². The number of urea groups is 1. The van der Waals surface area contributed by atoms with E-state index < -0.39 is 10.8 Å². The molecule has 2 aromatic rings. The van der Waals surface area contributed by atoms with Gasteiger partial charge in [-0.2, -0.15) is 0 Å². The number of amides is 2. The van der Waals surface area contributed by atoms with Crippen molar-refractivity contribution in [1.82, 2.24) is 9.88 Å². The van der Waals surface area contributed by atoms with Crippen molar-refractivity contribution in [2.75, 3.05) is 24.2 Å². The number of benzene rings is 1. The smallest absolute Gasteiger partial charge is 0.321 e. The third-order valence-corrected chi connectivity index (χ3v) is 5.77.